The Hall–Kier alpha value is -3.36. The lowest BCUT2D eigenvalue weighted by Crippen LogP contribution is -2.62. The summed E-state index contributed by atoms with van der Waals surface area (Å²) in [4.78, 5) is 38.4. The van der Waals surface area contributed by atoms with Crippen LogP contribution in [0, 0.1) is 0 Å². The second-order valence-electron chi connectivity index (χ2n) is 6.05. The number of methoxy groups -OCH3 is 1. The van der Waals surface area contributed by atoms with Gasteiger partial charge in [0, 0.05) is 18.7 Å². The van der Waals surface area contributed by atoms with Crippen molar-refractivity contribution in [1.82, 2.24) is 20.0 Å². The maximum Gasteiger partial charge on any atom is 0.417 e. The first kappa shape index (κ1) is 16.1. The first-order valence-electron chi connectivity index (χ1n) is 8.05. The number of nitrogens with one attached hydrogen (secondary N) is 1. The fourth-order valence-corrected chi connectivity index (χ4v) is 3.10. The second kappa shape index (κ2) is 6.17. The summed E-state index contributed by atoms with van der Waals surface area (Å²) in [6, 6.07) is 8.71. The van der Waals surface area contributed by atoms with Gasteiger partial charge in [-0.25, -0.2) is 9.69 Å². The molecule has 0 spiro atoms. The first-order chi connectivity index (χ1) is 12.6. The summed E-state index contributed by atoms with van der Waals surface area (Å²) in [6.45, 7) is 0.331. The van der Waals surface area contributed by atoms with Gasteiger partial charge in [-0.1, -0.05) is 12.1 Å². The van der Waals surface area contributed by atoms with Crippen LogP contribution in [0.2, 0.25) is 0 Å². The Morgan fingerprint density at radius 3 is 2.77 bits per heavy atom. The molecule has 0 unspecified atom stereocenters. The number of carbonyl (C=O) groups is 3. The molecule has 2 aromatic rings. The molecule has 0 radical (unpaired) electrons. The monoisotopic (exact) mass is 356 g/mol. The van der Waals surface area contributed by atoms with Crippen molar-refractivity contribution < 1.29 is 23.9 Å². The van der Waals surface area contributed by atoms with E-state index in [-0.39, 0.29) is 37.6 Å². The van der Waals surface area contributed by atoms with Crippen molar-refractivity contribution >= 4 is 17.9 Å². The zero-order valence-electron chi connectivity index (χ0n) is 14.0. The topological polar surface area (TPSA) is 105 Å². The summed E-state index contributed by atoms with van der Waals surface area (Å²) in [6.07, 6.45) is -0.646. The van der Waals surface area contributed by atoms with Gasteiger partial charge in [-0.2, -0.15) is 5.10 Å². The number of aromatic amines is 1. The fraction of sp³-hybridized carbons (Fsp3) is 0.294. The lowest BCUT2D eigenvalue weighted by atomic mass is 10.1. The van der Waals surface area contributed by atoms with Crippen LogP contribution in [0.25, 0.3) is 11.3 Å². The van der Waals surface area contributed by atoms with E-state index in [4.69, 9.17) is 9.47 Å². The highest BCUT2D eigenvalue weighted by Gasteiger charge is 2.44. The smallest absolute Gasteiger partial charge is 0.417 e. The number of benzene rings is 1. The number of hydrogen-bond donors (Lipinski definition) is 1. The third kappa shape index (κ3) is 2.57. The molecule has 3 heterocycles. The molecule has 2 saturated heterocycles. The first-order valence-corrected chi connectivity index (χ1v) is 8.05. The minimum atomic E-state index is -0.646. The van der Waals surface area contributed by atoms with Crippen LogP contribution in [-0.4, -0.2) is 70.8 Å². The van der Waals surface area contributed by atoms with Gasteiger partial charge in [-0.05, 0) is 18.2 Å². The Labute approximate surface area is 148 Å². The minimum Gasteiger partial charge on any atom is -0.496 e. The highest BCUT2D eigenvalue weighted by atomic mass is 16.6. The SMILES string of the molecule is COc1ccccc1-c1cc(C(=O)N2CC(N3C(=O)COC3=O)C2)[nH]n1. The molecule has 2 aliphatic heterocycles. The Bertz CT molecular complexity index is 871. The zero-order chi connectivity index (χ0) is 18.3. The lowest BCUT2D eigenvalue weighted by molar-refractivity contribution is -0.129. The van der Waals surface area contributed by atoms with Gasteiger partial charge in [0.25, 0.3) is 11.8 Å². The number of nitrogens with zero attached hydrogens (tertiary/aromatic N) is 3. The molecule has 1 aromatic heterocycles. The van der Waals surface area contributed by atoms with Crippen molar-refractivity contribution in [2.75, 3.05) is 26.8 Å². The summed E-state index contributed by atoms with van der Waals surface area (Å²) in [5.41, 5.74) is 1.71. The number of likely N-dealkylation sites (tertiary alicyclic amines) is 1. The second-order valence-corrected chi connectivity index (χ2v) is 6.05. The molecule has 9 nitrogen and oxygen atoms in total. The van der Waals surface area contributed by atoms with Crippen LogP contribution in [0.3, 0.4) is 0 Å². The molecule has 0 bridgehead atoms. The van der Waals surface area contributed by atoms with E-state index in [0.29, 0.717) is 17.1 Å². The quantitative estimate of drug-likeness (QED) is 0.872. The molecular formula is C17H16N4O5. The molecule has 0 aliphatic carbocycles. The number of para-hydroxylation sites is 1. The van der Waals surface area contributed by atoms with Crippen LogP contribution in [0.15, 0.2) is 30.3 Å². The average Bonchev–Trinajstić information content (AvgIpc) is 3.22. The lowest BCUT2D eigenvalue weighted by Gasteiger charge is -2.41. The normalized spacial score (nSPS) is 17.3. The third-order valence-electron chi connectivity index (χ3n) is 4.49. The molecule has 1 aromatic carbocycles. The van der Waals surface area contributed by atoms with Gasteiger partial charge < -0.3 is 14.4 Å². The number of aromatic nitrogens is 2. The molecule has 9 heteroatoms. The summed E-state index contributed by atoms with van der Waals surface area (Å²) in [7, 11) is 1.57. The fourth-order valence-electron chi connectivity index (χ4n) is 3.10. The molecule has 0 saturated carbocycles. The van der Waals surface area contributed by atoms with Crippen molar-refractivity contribution in [2.24, 2.45) is 0 Å². The molecular weight excluding hydrogens is 340 g/mol. The predicted octanol–water partition coefficient (Wildman–Crippen LogP) is 0.888. The van der Waals surface area contributed by atoms with Gasteiger partial charge >= 0.3 is 6.09 Å². The van der Waals surface area contributed by atoms with Crippen LogP contribution in [0.5, 0.6) is 5.75 Å². The van der Waals surface area contributed by atoms with E-state index in [1.54, 1.807) is 18.1 Å². The summed E-state index contributed by atoms with van der Waals surface area (Å²) in [5.74, 6) is 0.0510. The molecule has 26 heavy (non-hydrogen) atoms. The Balaban J connectivity index is 1.45. The molecule has 2 fully saturated rings. The summed E-state index contributed by atoms with van der Waals surface area (Å²) >= 11 is 0. The number of hydrogen-bond acceptors (Lipinski definition) is 6. The van der Waals surface area contributed by atoms with E-state index in [2.05, 4.69) is 10.2 Å². The highest BCUT2D eigenvalue weighted by Crippen LogP contribution is 2.29. The zero-order valence-corrected chi connectivity index (χ0v) is 14.0. The van der Waals surface area contributed by atoms with Crippen molar-refractivity contribution in [3.63, 3.8) is 0 Å². The molecule has 3 amide bonds. The van der Waals surface area contributed by atoms with Gasteiger partial charge in [-0.15, -0.1) is 0 Å². The Morgan fingerprint density at radius 2 is 2.08 bits per heavy atom. The van der Waals surface area contributed by atoms with Gasteiger partial charge in [0.05, 0.1) is 18.8 Å². The predicted molar refractivity (Wildman–Crippen MR) is 88.5 cm³/mol. The summed E-state index contributed by atoms with van der Waals surface area (Å²) in [5, 5.41) is 6.92. The Kier molecular flexibility index (Phi) is 3.83. The van der Waals surface area contributed by atoms with Gasteiger partial charge in [0.1, 0.15) is 11.4 Å². The van der Waals surface area contributed by atoms with Gasteiger partial charge in [0.15, 0.2) is 6.61 Å². The summed E-state index contributed by atoms with van der Waals surface area (Å²) < 4.78 is 10.0. The van der Waals surface area contributed by atoms with E-state index >= 15 is 0 Å². The molecule has 2 aliphatic rings. The molecule has 4 rings (SSSR count). The largest absolute Gasteiger partial charge is 0.496 e. The average molecular weight is 356 g/mol. The number of rotatable bonds is 4. The standard InChI is InChI=1S/C17H16N4O5/c1-25-14-5-3-2-4-11(14)12-6-13(19-18-12)16(23)20-7-10(8-20)21-15(22)9-26-17(21)24/h2-6,10H,7-9H2,1H3,(H,18,19). The van der Waals surface area contributed by atoms with Gasteiger partial charge in [0.2, 0.25) is 0 Å². The van der Waals surface area contributed by atoms with E-state index in [9.17, 15) is 14.4 Å². The number of cyclic esters (lactones) is 1. The molecule has 1 N–H and O–H groups in total. The van der Waals surface area contributed by atoms with Crippen molar-refractivity contribution in [1.29, 1.82) is 0 Å². The Morgan fingerprint density at radius 1 is 1.31 bits per heavy atom. The van der Waals surface area contributed by atoms with Crippen molar-refractivity contribution in [3.8, 4) is 17.0 Å². The van der Waals surface area contributed by atoms with Crippen LogP contribution in [0.4, 0.5) is 4.79 Å². The number of H-pyrrole nitrogens is 1. The van der Waals surface area contributed by atoms with E-state index in [0.717, 1.165) is 10.5 Å². The van der Waals surface area contributed by atoms with Crippen LogP contribution < -0.4 is 4.74 Å². The molecule has 0 atom stereocenters. The van der Waals surface area contributed by atoms with Crippen LogP contribution >= 0.6 is 0 Å². The van der Waals surface area contributed by atoms with Crippen molar-refractivity contribution in [3.05, 3.63) is 36.0 Å². The number of amides is 3. The number of imide groups is 1. The third-order valence-corrected chi connectivity index (χ3v) is 4.49. The van der Waals surface area contributed by atoms with Crippen molar-refractivity contribution in [2.45, 2.75) is 6.04 Å². The molecule has 134 valence electrons. The van der Waals surface area contributed by atoms with Gasteiger partial charge in [-0.3, -0.25) is 14.7 Å². The van der Waals surface area contributed by atoms with Crippen LogP contribution in [0.1, 0.15) is 10.5 Å². The maximum absolute atomic E-state index is 12.6. The van der Waals surface area contributed by atoms with E-state index in [1.165, 1.54) is 0 Å². The van der Waals surface area contributed by atoms with E-state index in [1.807, 2.05) is 24.3 Å². The minimum absolute atomic E-state index is 0.230. The number of ether oxygens (including phenoxy) is 2. The van der Waals surface area contributed by atoms with E-state index < -0.39 is 6.09 Å². The maximum atomic E-state index is 12.6. The van der Waals surface area contributed by atoms with Crippen LogP contribution in [-0.2, 0) is 9.53 Å². The number of carbonyl (C=O) groups excluding carboxylic acids is 3. The highest BCUT2D eigenvalue weighted by molar-refractivity contribution is 5.99.